The molecule has 0 aromatic heterocycles. The smallest absolute Gasteiger partial charge is 0.274 e. The van der Waals surface area contributed by atoms with Gasteiger partial charge in [0.15, 0.2) is 0 Å². The maximum Gasteiger partial charge on any atom is 0.274 e. The number of halogens is 1. The molecular formula is C4H7BrN2S3. The number of aliphatic imine (C=N–C) groups is 1. The van der Waals surface area contributed by atoms with Crippen LogP contribution in [0.1, 0.15) is 0 Å². The summed E-state index contributed by atoms with van der Waals surface area (Å²) in [6, 6.07) is 0. The zero-order chi connectivity index (χ0) is 6.85. The monoisotopic (exact) mass is 258 g/mol. The lowest BCUT2D eigenvalue weighted by molar-refractivity contribution is -0.660. The Labute approximate surface area is 84.0 Å². The first-order valence-electron chi connectivity index (χ1n) is 2.45. The third-order valence-corrected chi connectivity index (χ3v) is 4.31. The van der Waals surface area contributed by atoms with E-state index in [1.54, 1.807) is 28.6 Å². The van der Waals surface area contributed by atoms with Crippen molar-refractivity contribution in [3.63, 3.8) is 0 Å². The van der Waals surface area contributed by atoms with E-state index >= 15 is 0 Å². The van der Waals surface area contributed by atoms with E-state index in [1.807, 2.05) is 7.05 Å². The second-order valence-electron chi connectivity index (χ2n) is 1.61. The van der Waals surface area contributed by atoms with Crippen LogP contribution in [0.5, 0.6) is 0 Å². The van der Waals surface area contributed by atoms with Crippen LogP contribution < -0.4 is 21.9 Å². The first-order valence-corrected chi connectivity index (χ1v) is 5.01. The Morgan fingerprint density at radius 2 is 2.10 bits per heavy atom. The molecule has 10 heavy (non-hydrogen) atoms. The van der Waals surface area contributed by atoms with Gasteiger partial charge in [-0.3, -0.25) is 0 Å². The fourth-order valence-corrected chi connectivity index (χ4v) is 3.14. The lowest BCUT2D eigenvalue weighted by atomic mass is 10.9. The van der Waals surface area contributed by atoms with E-state index in [1.165, 1.54) is 0 Å². The van der Waals surface area contributed by atoms with Crippen LogP contribution in [0.3, 0.4) is 0 Å². The lowest BCUT2D eigenvalue weighted by Gasteiger charge is -1.98. The molecule has 1 heterocycles. The van der Waals surface area contributed by atoms with Gasteiger partial charge in [-0.05, 0) is 12.2 Å². The molecule has 0 aliphatic carbocycles. The Balaban J connectivity index is 0.000000810. The van der Waals surface area contributed by atoms with Gasteiger partial charge < -0.3 is 17.0 Å². The summed E-state index contributed by atoms with van der Waals surface area (Å²) in [4.78, 5) is 5.21. The molecule has 1 unspecified atom stereocenters. The highest BCUT2D eigenvalue weighted by molar-refractivity contribution is 8.89. The van der Waals surface area contributed by atoms with Crippen molar-refractivity contribution in [2.45, 2.75) is 0 Å². The molecule has 1 aliphatic heterocycles. The summed E-state index contributed by atoms with van der Waals surface area (Å²) in [5.74, 6) is 0. The van der Waals surface area contributed by atoms with E-state index in [0.717, 1.165) is 14.4 Å². The molecule has 1 fully saturated rings. The number of rotatable bonds is 0. The van der Waals surface area contributed by atoms with Crippen molar-refractivity contribution in [1.29, 1.82) is 0 Å². The maximum atomic E-state index is 5.01. The van der Waals surface area contributed by atoms with Crippen molar-refractivity contribution in [2.24, 2.45) is 4.99 Å². The van der Waals surface area contributed by atoms with Gasteiger partial charge in [0, 0.05) is 28.6 Å². The van der Waals surface area contributed by atoms with Crippen LogP contribution in [0.25, 0.3) is 0 Å². The molecule has 0 radical (unpaired) electrons. The SMILES string of the molecule is CN=C1SSC(=S)[NH+]1C.[Br-]. The number of quaternary nitrogens is 1. The molecule has 58 valence electrons. The van der Waals surface area contributed by atoms with Gasteiger partial charge in [0.2, 0.25) is 4.32 Å². The van der Waals surface area contributed by atoms with Crippen LogP contribution in [0.2, 0.25) is 0 Å². The highest BCUT2D eigenvalue weighted by Crippen LogP contribution is 2.25. The summed E-state index contributed by atoms with van der Waals surface area (Å²) in [6.07, 6.45) is 0. The van der Waals surface area contributed by atoms with Crippen molar-refractivity contribution in [1.82, 2.24) is 0 Å². The molecule has 0 aromatic carbocycles. The van der Waals surface area contributed by atoms with Crippen molar-refractivity contribution < 1.29 is 21.9 Å². The molecule has 1 saturated heterocycles. The van der Waals surface area contributed by atoms with Crippen LogP contribution in [-0.2, 0) is 0 Å². The van der Waals surface area contributed by atoms with E-state index in [2.05, 4.69) is 4.99 Å². The average Bonchev–Trinajstić information content (AvgIpc) is 2.15. The Morgan fingerprint density at radius 3 is 2.30 bits per heavy atom. The number of nitrogens with zero attached hydrogens (tertiary/aromatic N) is 1. The molecule has 0 spiro atoms. The Kier molecular flexibility index (Phi) is 5.14. The quantitative estimate of drug-likeness (QED) is 0.373. The van der Waals surface area contributed by atoms with E-state index in [0.29, 0.717) is 0 Å². The molecule has 1 rings (SSSR count). The summed E-state index contributed by atoms with van der Waals surface area (Å²) in [5, 5.41) is 1.07. The lowest BCUT2D eigenvalue weighted by Crippen LogP contribution is -3.10. The molecule has 1 aliphatic rings. The normalized spacial score (nSPS) is 28.8. The molecule has 1 N–H and O–H groups in total. The van der Waals surface area contributed by atoms with Gasteiger partial charge in [-0.2, -0.15) is 0 Å². The minimum absolute atomic E-state index is 0. The van der Waals surface area contributed by atoms with Gasteiger partial charge in [0.25, 0.3) is 5.17 Å². The first-order chi connectivity index (χ1) is 4.25. The third kappa shape index (κ3) is 2.20. The predicted molar refractivity (Wildman–Crippen MR) is 48.0 cm³/mol. The van der Waals surface area contributed by atoms with Gasteiger partial charge in [0.05, 0.1) is 7.05 Å². The molecule has 6 heteroatoms. The van der Waals surface area contributed by atoms with Gasteiger partial charge in [-0.15, -0.1) is 0 Å². The van der Waals surface area contributed by atoms with Crippen LogP contribution in [-0.4, -0.2) is 23.6 Å². The maximum absolute atomic E-state index is 5.01. The minimum atomic E-state index is 0. The van der Waals surface area contributed by atoms with E-state index in [-0.39, 0.29) is 17.0 Å². The predicted octanol–water partition coefficient (Wildman–Crippen LogP) is -2.83. The topological polar surface area (TPSA) is 16.8 Å². The number of amidine groups is 1. The molecule has 0 amide bonds. The number of thiocarbonyl (C=S) groups is 1. The zero-order valence-corrected chi connectivity index (χ0v) is 9.59. The molecule has 0 aromatic rings. The third-order valence-electron chi connectivity index (χ3n) is 1.03. The van der Waals surface area contributed by atoms with E-state index in [9.17, 15) is 0 Å². The first kappa shape index (κ1) is 10.9. The standard InChI is InChI=1S/C4H6N2S3.BrH/c1-5-3-6(2)4(7)9-8-3;/h1-2H3;1H. The van der Waals surface area contributed by atoms with Crippen LogP contribution in [0.4, 0.5) is 0 Å². The van der Waals surface area contributed by atoms with Gasteiger partial charge in [0.1, 0.15) is 0 Å². The summed E-state index contributed by atoms with van der Waals surface area (Å²) in [5.41, 5.74) is 0. The fourth-order valence-electron chi connectivity index (χ4n) is 0.495. The second kappa shape index (κ2) is 4.71. The highest BCUT2D eigenvalue weighted by Gasteiger charge is 2.28. The van der Waals surface area contributed by atoms with Gasteiger partial charge in [-0.1, -0.05) is 0 Å². The number of hydrogen-bond acceptors (Lipinski definition) is 4. The average molecular weight is 259 g/mol. The van der Waals surface area contributed by atoms with Crippen molar-refractivity contribution in [2.75, 3.05) is 14.1 Å². The van der Waals surface area contributed by atoms with Crippen LogP contribution in [0.15, 0.2) is 4.99 Å². The molecular weight excluding hydrogens is 252 g/mol. The zero-order valence-electron chi connectivity index (χ0n) is 5.55. The highest BCUT2D eigenvalue weighted by atomic mass is 79.9. The molecule has 0 bridgehead atoms. The van der Waals surface area contributed by atoms with Gasteiger partial charge >= 0.3 is 0 Å². The Hall–Kier alpha value is 0.900. The second-order valence-corrected chi connectivity index (χ2v) is 4.40. The van der Waals surface area contributed by atoms with Crippen molar-refractivity contribution in [3.05, 3.63) is 0 Å². The molecule has 2 nitrogen and oxygen atoms in total. The van der Waals surface area contributed by atoms with Crippen molar-refractivity contribution >= 4 is 43.3 Å². The molecule has 0 saturated carbocycles. The largest absolute Gasteiger partial charge is 1.00 e. The Morgan fingerprint density at radius 1 is 1.50 bits per heavy atom. The number of hydrogen-bond donors (Lipinski definition) is 1. The van der Waals surface area contributed by atoms with E-state index < -0.39 is 0 Å². The molecule has 1 atom stereocenters. The summed E-state index contributed by atoms with van der Waals surface area (Å²) >= 11 is 5.01. The van der Waals surface area contributed by atoms with Crippen LogP contribution in [0, 0.1) is 0 Å². The van der Waals surface area contributed by atoms with E-state index in [4.69, 9.17) is 12.2 Å². The minimum Gasteiger partial charge on any atom is -1.00 e. The Bertz CT molecular complexity index is 170. The van der Waals surface area contributed by atoms with Crippen molar-refractivity contribution in [3.8, 4) is 0 Å². The number of nitrogens with one attached hydrogen (secondary N) is 1. The van der Waals surface area contributed by atoms with Crippen LogP contribution >= 0.6 is 33.8 Å². The summed E-state index contributed by atoms with van der Waals surface area (Å²) in [7, 11) is 7.07. The summed E-state index contributed by atoms with van der Waals surface area (Å²) in [6.45, 7) is 0. The fraction of sp³-hybridized carbons (Fsp3) is 0.500. The van der Waals surface area contributed by atoms with Gasteiger partial charge in [-0.25, -0.2) is 9.89 Å². The summed E-state index contributed by atoms with van der Waals surface area (Å²) < 4.78 is 0.973.